The Labute approximate surface area is 214 Å². The van der Waals surface area contributed by atoms with Crippen LogP contribution in [0.15, 0.2) is 65.9 Å². The van der Waals surface area contributed by atoms with Gasteiger partial charge in [0.1, 0.15) is 5.76 Å². The summed E-state index contributed by atoms with van der Waals surface area (Å²) in [6, 6.07) is 21.6. The molecular weight excluding hydrogens is 442 g/mol. The molecule has 4 heteroatoms. The van der Waals surface area contributed by atoms with E-state index in [1.54, 1.807) is 0 Å². The van der Waals surface area contributed by atoms with Crippen molar-refractivity contribution in [1.29, 1.82) is 5.26 Å². The van der Waals surface area contributed by atoms with E-state index in [1.807, 2.05) is 6.07 Å². The molecule has 3 aliphatic rings. The monoisotopic (exact) mass is 477 g/mol. The Kier molecular flexibility index (Phi) is 5.75. The Morgan fingerprint density at radius 3 is 2.36 bits per heavy atom. The van der Waals surface area contributed by atoms with E-state index in [9.17, 15) is 10.4 Å². The molecule has 0 aliphatic heterocycles. The maximum Gasteiger partial charge on any atom is 0.109 e. The first-order chi connectivity index (χ1) is 17.5. The smallest absolute Gasteiger partial charge is 0.109 e. The normalized spacial score (nSPS) is 26.2. The minimum absolute atomic E-state index is 0.0199. The number of nitriles is 1. The molecule has 1 saturated carbocycles. The number of rotatable bonds is 3. The largest absolute Gasteiger partial charge is 0.511 e. The number of hydrogen-bond acceptors (Lipinski definition) is 3. The van der Waals surface area contributed by atoms with Gasteiger partial charge in [0.25, 0.3) is 0 Å². The third-order valence-corrected chi connectivity index (χ3v) is 9.31. The number of fused-ring (bicyclic) bond motifs is 3. The maximum absolute atomic E-state index is 10.8. The number of benzene rings is 2. The standard InChI is InChI=1S/C32H35N3O/c1-21-28-18-17-27-29(24-11-7-4-8-12-24)34-35(31(27)32(28,2)19-25(20-33)30(21)36)26-15-13-23(14-16-26)22-9-5-3-6-10-22/h3,5-6,9-10,13-16,21,24,28,36H,4,7-8,11-12,17-19H2,1-2H3/t21-,28-,32-/m1/s1. The van der Waals surface area contributed by atoms with Crippen LogP contribution in [0.3, 0.4) is 0 Å². The van der Waals surface area contributed by atoms with Crippen LogP contribution in [0.25, 0.3) is 16.8 Å². The fourth-order valence-electron chi connectivity index (χ4n) is 7.45. The molecule has 0 radical (unpaired) electrons. The third kappa shape index (κ3) is 3.60. The van der Waals surface area contributed by atoms with Crippen molar-refractivity contribution < 1.29 is 5.11 Å². The molecule has 3 atom stereocenters. The molecule has 4 nitrogen and oxygen atoms in total. The zero-order chi connectivity index (χ0) is 24.9. The predicted molar refractivity (Wildman–Crippen MR) is 143 cm³/mol. The zero-order valence-electron chi connectivity index (χ0n) is 21.4. The molecule has 1 aromatic heterocycles. The first-order valence-electron chi connectivity index (χ1n) is 13.6. The van der Waals surface area contributed by atoms with Gasteiger partial charge in [-0.3, -0.25) is 0 Å². The average Bonchev–Trinajstić information content (AvgIpc) is 3.33. The zero-order valence-corrected chi connectivity index (χ0v) is 21.4. The minimum Gasteiger partial charge on any atom is -0.511 e. The van der Waals surface area contributed by atoms with E-state index in [-0.39, 0.29) is 11.3 Å². The molecule has 1 N–H and O–H groups in total. The number of allylic oxidation sites excluding steroid dienone is 2. The number of hydrogen-bond donors (Lipinski definition) is 1. The Morgan fingerprint density at radius 1 is 0.972 bits per heavy atom. The number of aliphatic hydroxyl groups is 1. The fraction of sp³-hybridized carbons (Fsp3) is 0.438. The van der Waals surface area contributed by atoms with E-state index in [0.29, 0.717) is 29.6 Å². The molecule has 36 heavy (non-hydrogen) atoms. The van der Waals surface area contributed by atoms with Crippen molar-refractivity contribution >= 4 is 0 Å². The Bertz CT molecular complexity index is 1340. The van der Waals surface area contributed by atoms with E-state index in [2.05, 4.69) is 73.1 Å². The fourth-order valence-corrected chi connectivity index (χ4v) is 7.45. The number of nitrogens with zero attached hydrogens (tertiary/aromatic N) is 3. The summed E-state index contributed by atoms with van der Waals surface area (Å²) >= 11 is 0. The lowest BCUT2D eigenvalue weighted by molar-refractivity contribution is 0.134. The molecule has 3 aromatic rings. The second kappa shape index (κ2) is 8.96. The third-order valence-electron chi connectivity index (χ3n) is 9.31. The van der Waals surface area contributed by atoms with Crippen molar-refractivity contribution in [1.82, 2.24) is 9.78 Å². The molecule has 0 unspecified atom stereocenters. The van der Waals surface area contributed by atoms with Gasteiger partial charge in [-0.15, -0.1) is 0 Å². The van der Waals surface area contributed by atoms with Gasteiger partial charge in [0.05, 0.1) is 28.7 Å². The maximum atomic E-state index is 10.8. The topological polar surface area (TPSA) is 61.8 Å². The van der Waals surface area contributed by atoms with Crippen LogP contribution in [0, 0.1) is 23.2 Å². The molecule has 0 bridgehead atoms. The van der Waals surface area contributed by atoms with Gasteiger partial charge < -0.3 is 5.11 Å². The summed E-state index contributed by atoms with van der Waals surface area (Å²) in [4.78, 5) is 0. The van der Waals surface area contributed by atoms with E-state index < -0.39 is 0 Å². The molecule has 0 saturated heterocycles. The second-order valence-corrected chi connectivity index (χ2v) is 11.4. The highest BCUT2D eigenvalue weighted by atomic mass is 16.3. The predicted octanol–water partition coefficient (Wildman–Crippen LogP) is 7.78. The number of aromatic nitrogens is 2. The van der Waals surface area contributed by atoms with Gasteiger partial charge in [0.2, 0.25) is 0 Å². The Morgan fingerprint density at radius 2 is 1.67 bits per heavy atom. The molecule has 0 amide bonds. The first-order valence-corrected chi connectivity index (χ1v) is 13.6. The van der Waals surface area contributed by atoms with Gasteiger partial charge in [-0.25, -0.2) is 4.68 Å². The van der Waals surface area contributed by atoms with Crippen LogP contribution in [0.1, 0.15) is 81.7 Å². The summed E-state index contributed by atoms with van der Waals surface area (Å²) in [5.41, 5.74) is 7.78. The SMILES string of the molecule is C[C@H]1C(O)=C(C#N)C[C@@]2(C)c3c(c(C4CCCCC4)nn3-c3ccc(-c4ccccc4)cc3)CC[C@H]12. The van der Waals surface area contributed by atoms with Crippen LogP contribution in [-0.4, -0.2) is 14.9 Å². The second-order valence-electron chi connectivity index (χ2n) is 11.4. The van der Waals surface area contributed by atoms with E-state index >= 15 is 0 Å². The molecule has 3 aliphatic carbocycles. The Hall–Kier alpha value is -3.32. The van der Waals surface area contributed by atoms with Crippen LogP contribution in [0.2, 0.25) is 0 Å². The van der Waals surface area contributed by atoms with Gasteiger partial charge in [0, 0.05) is 17.3 Å². The van der Waals surface area contributed by atoms with Gasteiger partial charge >= 0.3 is 0 Å². The highest BCUT2D eigenvalue weighted by molar-refractivity contribution is 5.64. The molecule has 1 heterocycles. The summed E-state index contributed by atoms with van der Waals surface area (Å²) in [5, 5.41) is 26.1. The summed E-state index contributed by atoms with van der Waals surface area (Å²) in [5.74, 6) is 1.10. The molecule has 2 aromatic carbocycles. The first kappa shape index (κ1) is 23.1. The van der Waals surface area contributed by atoms with Crippen molar-refractivity contribution in [2.45, 2.75) is 76.5 Å². The van der Waals surface area contributed by atoms with Crippen molar-refractivity contribution in [3.05, 3.63) is 82.9 Å². The molecular formula is C32H35N3O. The van der Waals surface area contributed by atoms with Gasteiger partial charge in [-0.1, -0.05) is 75.6 Å². The average molecular weight is 478 g/mol. The minimum atomic E-state index is -0.234. The van der Waals surface area contributed by atoms with Crippen LogP contribution >= 0.6 is 0 Å². The highest BCUT2D eigenvalue weighted by Crippen LogP contribution is 2.55. The molecule has 6 rings (SSSR count). The van der Waals surface area contributed by atoms with E-state index in [4.69, 9.17) is 5.10 Å². The van der Waals surface area contributed by atoms with Gasteiger partial charge in [-0.2, -0.15) is 10.4 Å². The van der Waals surface area contributed by atoms with Crippen LogP contribution in [0.4, 0.5) is 0 Å². The molecule has 0 spiro atoms. The quantitative estimate of drug-likeness (QED) is 0.419. The van der Waals surface area contributed by atoms with Crippen LogP contribution in [0.5, 0.6) is 0 Å². The summed E-state index contributed by atoms with van der Waals surface area (Å²) in [7, 11) is 0. The van der Waals surface area contributed by atoms with Gasteiger partial charge in [-0.05, 0) is 66.8 Å². The molecule has 1 fully saturated rings. The summed E-state index contributed by atoms with van der Waals surface area (Å²) in [6.45, 7) is 4.41. The van der Waals surface area contributed by atoms with Crippen LogP contribution < -0.4 is 0 Å². The lowest BCUT2D eigenvalue weighted by Crippen LogP contribution is -2.45. The molecule has 184 valence electrons. The van der Waals surface area contributed by atoms with Crippen molar-refractivity contribution in [2.24, 2.45) is 11.8 Å². The van der Waals surface area contributed by atoms with Crippen molar-refractivity contribution in [3.8, 4) is 22.9 Å². The van der Waals surface area contributed by atoms with Gasteiger partial charge in [0.15, 0.2) is 0 Å². The number of aliphatic hydroxyl groups excluding tert-OH is 1. The summed E-state index contributed by atoms with van der Waals surface area (Å²) in [6.07, 6.45) is 8.94. The lowest BCUT2D eigenvalue weighted by atomic mass is 9.56. The van der Waals surface area contributed by atoms with Crippen molar-refractivity contribution in [2.75, 3.05) is 0 Å². The van der Waals surface area contributed by atoms with E-state index in [0.717, 1.165) is 18.5 Å². The van der Waals surface area contributed by atoms with E-state index in [1.165, 1.54) is 60.2 Å². The Balaban J connectivity index is 1.50. The van der Waals surface area contributed by atoms with Crippen LogP contribution in [-0.2, 0) is 11.8 Å². The summed E-state index contributed by atoms with van der Waals surface area (Å²) < 4.78 is 2.21. The lowest BCUT2D eigenvalue weighted by Gasteiger charge is -2.48. The van der Waals surface area contributed by atoms with Crippen molar-refractivity contribution in [3.63, 3.8) is 0 Å². The highest BCUT2D eigenvalue weighted by Gasteiger charge is 2.51.